The Balaban J connectivity index is 4.51. The molecule has 0 heterocycles. The quantitative estimate of drug-likeness (QED) is 0.249. The van der Waals surface area contributed by atoms with Gasteiger partial charge in [-0.05, 0) is 46.4 Å². The molecule has 0 aliphatic carbocycles. The molecule has 0 amide bonds. The number of carbonyl (C=O) groups is 2. The lowest BCUT2D eigenvalue weighted by Crippen LogP contribution is -2.30. The predicted octanol–water partition coefficient (Wildman–Crippen LogP) is 3.70. The summed E-state index contributed by atoms with van der Waals surface area (Å²) in [6.07, 6.45) is 5.36. The number of unbranched alkanes of at least 4 members (excludes halogenated alkanes) is 1. The molecule has 0 aliphatic heterocycles. The Hall–Kier alpha value is -1.62. The van der Waals surface area contributed by atoms with Crippen molar-refractivity contribution in [3.63, 3.8) is 0 Å². The zero-order valence-corrected chi connectivity index (χ0v) is 16.1. The van der Waals surface area contributed by atoms with Gasteiger partial charge in [-0.15, -0.1) is 0 Å². The van der Waals surface area contributed by atoms with Crippen molar-refractivity contribution in [3.05, 3.63) is 23.8 Å². The molecule has 0 aromatic carbocycles. The summed E-state index contributed by atoms with van der Waals surface area (Å²) in [7, 11) is 3.63. The second-order valence-electron chi connectivity index (χ2n) is 6.34. The fraction of sp³-hybridized carbons (Fsp3) is 0.684. The van der Waals surface area contributed by atoms with E-state index in [1.54, 1.807) is 18.7 Å². The minimum absolute atomic E-state index is 0.160. The minimum atomic E-state index is -0.488. The fourth-order valence-corrected chi connectivity index (χ4v) is 1.92. The summed E-state index contributed by atoms with van der Waals surface area (Å²) in [6.45, 7) is 11.7. The van der Waals surface area contributed by atoms with Crippen LogP contribution in [0.1, 0.15) is 53.4 Å². The highest BCUT2D eigenvalue weighted by Gasteiger charge is 2.16. The molecule has 0 aromatic heterocycles. The molecule has 0 saturated heterocycles. The average molecular weight is 339 g/mol. The maximum absolute atomic E-state index is 12.0. The Kier molecular flexibility index (Phi) is 11.0. The molecule has 24 heavy (non-hydrogen) atoms. The summed E-state index contributed by atoms with van der Waals surface area (Å²) < 4.78 is 10.6. The van der Waals surface area contributed by atoms with Crippen molar-refractivity contribution in [3.8, 4) is 0 Å². The first-order valence-electron chi connectivity index (χ1n) is 8.64. The summed E-state index contributed by atoms with van der Waals surface area (Å²) >= 11 is 0. The van der Waals surface area contributed by atoms with Crippen molar-refractivity contribution >= 4 is 11.9 Å². The maximum Gasteiger partial charge on any atom is 0.337 e. The van der Waals surface area contributed by atoms with E-state index in [1.165, 1.54) is 6.08 Å². The molecule has 2 unspecified atom stereocenters. The van der Waals surface area contributed by atoms with Crippen molar-refractivity contribution < 1.29 is 19.1 Å². The van der Waals surface area contributed by atoms with E-state index in [4.69, 9.17) is 9.47 Å². The van der Waals surface area contributed by atoms with Crippen LogP contribution in [0.4, 0.5) is 0 Å². The second kappa shape index (κ2) is 11.8. The first-order valence-corrected chi connectivity index (χ1v) is 8.64. The molecule has 5 heteroatoms. The van der Waals surface area contributed by atoms with E-state index in [2.05, 4.69) is 20.4 Å². The van der Waals surface area contributed by atoms with Crippen molar-refractivity contribution in [2.75, 3.05) is 20.7 Å². The van der Waals surface area contributed by atoms with E-state index in [-0.39, 0.29) is 11.8 Å². The largest absolute Gasteiger partial charge is 0.462 e. The lowest BCUT2D eigenvalue weighted by atomic mass is 10.0. The van der Waals surface area contributed by atoms with E-state index < -0.39 is 11.9 Å². The van der Waals surface area contributed by atoms with Crippen LogP contribution in [0.25, 0.3) is 0 Å². The molecular formula is C19H33NO4. The first kappa shape index (κ1) is 22.4. The molecular weight excluding hydrogens is 306 g/mol. The highest BCUT2D eigenvalue weighted by molar-refractivity contribution is 5.95. The Morgan fingerprint density at radius 3 is 2.33 bits per heavy atom. The summed E-state index contributed by atoms with van der Waals surface area (Å²) in [5.41, 5.74) is 0.482. The topological polar surface area (TPSA) is 55.8 Å². The molecule has 0 radical (unpaired) electrons. The van der Waals surface area contributed by atoms with Crippen LogP contribution in [-0.4, -0.2) is 43.8 Å². The van der Waals surface area contributed by atoms with Crippen molar-refractivity contribution in [1.29, 1.82) is 0 Å². The predicted molar refractivity (Wildman–Crippen MR) is 96.4 cm³/mol. The Labute approximate surface area is 146 Å². The highest BCUT2D eigenvalue weighted by Crippen LogP contribution is 2.14. The number of carbonyl (C=O) groups excluding carboxylic acids is 2. The van der Waals surface area contributed by atoms with Crippen LogP contribution >= 0.6 is 0 Å². The summed E-state index contributed by atoms with van der Waals surface area (Å²) in [4.78, 5) is 25.7. The van der Waals surface area contributed by atoms with E-state index >= 15 is 0 Å². The van der Waals surface area contributed by atoms with Gasteiger partial charge in [-0.3, -0.25) is 4.90 Å². The standard InChI is InChI=1S/C19H33NO4/c1-8-10-11-17(9-2)13-23-18(21)14(3)12-15(4)19(22)24-16(5)20(6)7/h12,16-17H,3,8-11,13H2,1-2,4-7H3/b15-12+. The molecule has 0 N–H and O–H groups in total. The van der Waals surface area contributed by atoms with Gasteiger partial charge < -0.3 is 9.47 Å². The average Bonchev–Trinajstić information content (AvgIpc) is 2.54. The molecule has 5 nitrogen and oxygen atoms in total. The van der Waals surface area contributed by atoms with Gasteiger partial charge in [-0.2, -0.15) is 0 Å². The first-order chi connectivity index (χ1) is 11.2. The highest BCUT2D eigenvalue weighted by atomic mass is 16.6. The maximum atomic E-state index is 12.0. The third-order valence-corrected chi connectivity index (χ3v) is 3.97. The smallest absolute Gasteiger partial charge is 0.337 e. The van der Waals surface area contributed by atoms with Crippen LogP contribution in [0.2, 0.25) is 0 Å². The number of rotatable bonds is 11. The van der Waals surface area contributed by atoms with Crippen LogP contribution in [0.15, 0.2) is 23.8 Å². The minimum Gasteiger partial charge on any atom is -0.462 e. The van der Waals surface area contributed by atoms with Crippen LogP contribution in [0, 0.1) is 5.92 Å². The Bertz CT molecular complexity index is 454. The fourth-order valence-electron chi connectivity index (χ4n) is 1.92. The summed E-state index contributed by atoms with van der Waals surface area (Å²) in [5, 5.41) is 0. The number of esters is 2. The third-order valence-electron chi connectivity index (χ3n) is 3.97. The normalized spacial score (nSPS) is 14.2. The molecule has 0 fully saturated rings. The van der Waals surface area contributed by atoms with Crippen LogP contribution in [-0.2, 0) is 19.1 Å². The number of hydrogen-bond donors (Lipinski definition) is 0. The van der Waals surface area contributed by atoms with Crippen LogP contribution in [0.3, 0.4) is 0 Å². The lowest BCUT2D eigenvalue weighted by molar-refractivity contribution is -0.150. The van der Waals surface area contributed by atoms with Crippen LogP contribution in [0.5, 0.6) is 0 Å². The number of nitrogens with zero attached hydrogens (tertiary/aromatic N) is 1. The van der Waals surface area contributed by atoms with Crippen LogP contribution < -0.4 is 0 Å². The SMILES string of the molecule is C=C(/C=C(\C)C(=O)OC(C)N(C)C)C(=O)OCC(CC)CCCC. The van der Waals surface area contributed by atoms with Gasteiger partial charge in [0, 0.05) is 5.57 Å². The summed E-state index contributed by atoms with van der Waals surface area (Å²) in [5.74, 6) is -0.588. The van der Waals surface area contributed by atoms with E-state index in [0.717, 1.165) is 25.7 Å². The molecule has 0 bridgehead atoms. The second-order valence-corrected chi connectivity index (χ2v) is 6.34. The molecule has 0 saturated carbocycles. The number of hydrogen-bond acceptors (Lipinski definition) is 5. The van der Waals surface area contributed by atoms with Gasteiger partial charge >= 0.3 is 11.9 Å². The van der Waals surface area contributed by atoms with E-state index in [0.29, 0.717) is 18.1 Å². The number of ether oxygens (including phenoxy) is 2. The van der Waals surface area contributed by atoms with Gasteiger partial charge in [0.15, 0.2) is 6.23 Å². The van der Waals surface area contributed by atoms with Gasteiger partial charge in [0.25, 0.3) is 0 Å². The zero-order valence-electron chi connectivity index (χ0n) is 16.1. The zero-order chi connectivity index (χ0) is 18.7. The molecule has 2 atom stereocenters. The summed E-state index contributed by atoms with van der Waals surface area (Å²) in [6, 6.07) is 0. The van der Waals surface area contributed by atoms with Gasteiger partial charge in [0.05, 0.1) is 12.2 Å². The van der Waals surface area contributed by atoms with Crippen molar-refractivity contribution in [2.24, 2.45) is 5.92 Å². The monoisotopic (exact) mass is 339 g/mol. The van der Waals surface area contributed by atoms with Gasteiger partial charge in [-0.25, -0.2) is 9.59 Å². The molecule has 138 valence electrons. The third kappa shape index (κ3) is 8.87. The molecule has 0 aliphatic rings. The van der Waals surface area contributed by atoms with Crippen molar-refractivity contribution in [1.82, 2.24) is 4.90 Å². The van der Waals surface area contributed by atoms with Gasteiger partial charge in [0.2, 0.25) is 0 Å². The lowest BCUT2D eigenvalue weighted by Gasteiger charge is -2.20. The van der Waals surface area contributed by atoms with E-state index in [9.17, 15) is 9.59 Å². The molecule has 0 aromatic rings. The Morgan fingerprint density at radius 2 is 1.83 bits per heavy atom. The van der Waals surface area contributed by atoms with Gasteiger partial charge in [-0.1, -0.05) is 39.7 Å². The van der Waals surface area contributed by atoms with Crippen molar-refractivity contribution in [2.45, 2.75) is 59.6 Å². The van der Waals surface area contributed by atoms with E-state index in [1.807, 2.05) is 14.1 Å². The molecule has 0 spiro atoms. The molecule has 0 rings (SSSR count). The Morgan fingerprint density at radius 1 is 1.21 bits per heavy atom. The van der Waals surface area contributed by atoms with Gasteiger partial charge in [0.1, 0.15) is 0 Å².